The summed E-state index contributed by atoms with van der Waals surface area (Å²) in [4.78, 5) is -0.105. The van der Waals surface area contributed by atoms with E-state index in [9.17, 15) is 8.42 Å². The monoisotopic (exact) mass is 407 g/mol. The van der Waals surface area contributed by atoms with Crippen LogP contribution in [0.2, 0.25) is 10.0 Å². The molecule has 3 nitrogen and oxygen atoms in total. The third-order valence-corrected chi connectivity index (χ3v) is 5.62. The van der Waals surface area contributed by atoms with E-state index in [0.29, 0.717) is 23.2 Å². The van der Waals surface area contributed by atoms with Gasteiger partial charge in [0, 0.05) is 16.4 Å². The Labute approximate surface area is 136 Å². The van der Waals surface area contributed by atoms with Gasteiger partial charge in [0.25, 0.3) is 0 Å². The largest absolute Gasteiger partial charge is 0.243 e. The molecule has 1 aromatic rings. The van der Waals surface area contributed by atoms with E-state index in [1.54, 1.807) is 0 Å². The van der Waals surface area contributed by atoms with Crippen LogP contribution < -0.4 is 4.72 Å². The Kier molecular flexibility index (Phi) is 6.90. The maximum absolute atomic E-state index is 12.3. The third-order valence-electron chi connectivity index (χ3n) is 2.50. The summed E-state index contributed by atoms with van der Waals surface area (Å²) in [6.45, 7) is 1.88. The van der Waals surface area contributed by atoms with Gasteiger partial charge >= 0.3 is 0 Å². The first-order valence-electron chi connectivity index (χ1n) is 5.54. The molecule has 0 aromatic heterocycles. The van der Waals surface area contributed by atoms with Gasteiger partial charge in [0.15, 0.2) is 0 Å². The second kappa shape index (κ2) is 7.48. The number of halogens is 4. The van der Waals surface area contributed by atoms with E-state index in [2.05, 4.69) is 20.7 Å². The first kappa shape index (κ1) is 17.5. The molecule has 0 saturated carbocycles. The van der Waals surface area contributed by atoms with E-state index >= 15 is 0 Å². The summed E-state index contributed by atoms with van der Waals surface area (Å²) < 4.78 is 27.8. The van der Waals surface area contributed by atoms with Crippen molar-refractivity contribution in [3.63, 3.8) is 0 Å². The lowest BCUT2D eigenvalue weighted by molar-refractivity contribution is 0.531. The van der Waals surface area contributed by atoms with Gasteiger partial charge in [-0.15, -0.1) is 11.6 Å². The van der Waals surface area contributed by atoms with Gasteiger partial charge in [0.2, 0.25) is 10.0 Å². The fourth-order valence-electron chi connectivity index (χ4n) is 1.54. The summed E-state index contributed by atoms with van der Waals surface area (Å²) in [5, 5.41) is 0.153. The highest BCUT2D eigenvalue weighted by Gasteiger charge is 2.24. The molecule has 0 fully saturated rings. The van der Waals surface area contributed by atoms with E-state index in [0.717, 1.165) is 0 Å². The van der Waals surface area contributed by atoms with E-state index in [1.165, 1.54) is 12.1 Å². The minimum Gasteiger partial charge on any atom is -0.208 e. The quantitative estimate of drug-likeness (QED) is 0.706. The molecule has 1 atom stereocenters. The van der Waals surface area contributed by atoms with Crippen molar-refractivity contribution >= 4 is 60.8 Å². The molecule has 0 aliphatic carbocycles. The first-order valence-corrected chi connectivity index (χ1v) is 9.11. The molecule has 0 saturated heterocycles. The predicted molar refractivity (Wildman–Crippen MR) is 83.9 cm³/mol. The van der Waals surface area contributed by atoms with Crippen molar-refractivity contribution in [2.45, 2.75) is 30.7 Å². The zero-order valence-electron chi connectivity index (χ0n) is 10.1. The predicted octanol–water partition coefficient (Wildman–Crippen LogP) is 4.44. The number of sulfonamides is 1. The van der Waals surface area contributed by atoms with Crippen LogP contribution in [0.3, 0.4) is 0 Å². The van der Waals surface area contributed by atoms with Crippen molar-refractivity contribution in [2.24, 2.45) is 0 Å². The number of rotatable bonds is 6. The highest BCUT2D eigenvalue weighted by atomic mass is 79.9. The summed E-state index contributed by atoms with van der Waals surface area (Å²) in [6.07, 6.45) is 1.18. The van der Waals surface area contributed by atoms with Gasteiger partial charge in [-0.1, -0.05) is 46.1 Å². The fourth-order valence-corrected chi connectivity index (χ4v) is 5.10. The van der Waals surface area contributed by atoms with Gasteiger partial charge < -0.3 is 0 Å². The van der Waals surface area contributed by atoms with Crippen LogP contribution in [0.15, 0.2) is 21.5 Å². The highest BCUT2D eigenvalue weighted by Crippen LogP contribution is 2.33. The number of benzene rings is 1. The second-order valence-electron chi connectivity index (χ2n) is 3.90. The van der Waals surface area contributed by atoms with Gasteiger partial charge in [-0.05, 0) is 25.0 Å². The van der Waals surface area contributed by atoms with Gasteiger partial charge in [-0.2, -0.15) is 0 Å². The van der Waals surface area contributed by atoms with Crippen LogP contribution in [0.1, 0.15) is 19.8 Å². The van der Waals surface area contributed by atoms with Gasteiger partial charge in [0.1, 0.15) is 4.90 Å². The number of hydrogen-bond donors (Lipinski definition) is 1. The Hall–Kier alpha value is 0.480. The van der Waals surface area contributed by atoms with Crippen LogP contribution >= 0.6 is 50.7 Å². The van der Waals surface area contributed by atoms with E-state index in [1.807, 2.05) is 6.92 Å². The summed E-state index contributed by atoms with van der Waals surface area (Å²) in [6, 6.07) is 2.74. The average Bonchev–Trinajstić information content (AvgIpc) is 2.25. The number of alkyl halides is 1. The van der Waals surface area contributed by atoms with E-state index in [-0.39, 0.29) is 21.0 Å². The lowest BCUT2D eigenvalue weighted by atomic mass is 10.2. The van der Waals surface area contributed by atoms with Crippen molar-refractivity contribution in [3.05, 3.63) is 26.7 Å². The molecule has 0 bridgehead atoms. The molecule has 0 heterocycles. The van der Waals surface area contributed by atoms with Gasteiger partial charge in [-0.25, -0.2) is 13.1 Å². The molecule has 0 aliphatic rings. The Morgan fingerprint density at radius 1 is 1.32 bits per heavy atom. The zero-order valence-corrected chi connectivity index (χ0v) is 14.8. The highest BCUT2D eigenvalue weighted by molar-refractivity contribution is 9.10. The maximum atomic E-state index is 12.3. The van der Waals surface area contributed by atoms with Crippen molar-refractivity contribution in [1.82, 2.24) is 4.72 Å². The minimum atomic E-state index is -3.77. The first-order chi connectivity index (χ1) is 8.81. The Balaban J connectivity index is 3.14. The molecule has 1 N–H and O–H groups in total. The Morgan fingerprint density at radius 3 is 2.26 bits per heavy atom. The molecular formula is C11H13BrCl3NO2S. The maximum Gasteiger partial charge on any atom is 0.243 e. The van der Waals surface area contributed by atoms with Gasteiger partial charge in [0.05, 0.1) is 10.0 Å². The fraction of sp³-hybridized carbons (Fsp3) is 0.455. The van der Waals surface area contributed by atoms with Crippen LogP contribution in [0, 0.1) is 0 Å². The summed E-state index contributed by atoms with van der Waals surface area (Å²) in [5.41, 5.74) is 0. The molecule has 0 radical (unpaired) electrons. The topological polar surface area (TPSA) is 46.2 Å². The van der Waals surface area contributed by atoms with E-state index < -0.39 is 10.0 Å². The molecule has 108 valence electrons. The summed E-state index contributed by atoms with van der Waals surface area (Å²) >= 11 is 20.8. The van der Waals surface area contributed by atoms with Crippen LogP contribution in [-0.2, 0) is 10.0 Å². The van der Waals surface area contributed by atoms with Crippen molar-refractivity contribution in [2.75, 3.05) is 5.88 Å². The van der Waals surface area contributed by atoms with Gasteiger partial charge in [-0.3, -0.25) is 0 Å². The lowest BCUT2D eigenvalue weighted by Gasteiger charge is -2.17. The average molecular weight is 410 g/mol. The van der Waals surface area contributed by atoms with Crippen LogP contribution in [0.5, 0.6) is 0 Å². The molecule has 1 aromatic carbocycles. The smallest absolute Gasteiger partial charge is 0.208 e. The molecule has 1 unspecified atom stereocenters. The Morgan fingerprint density at radius 2 is 1.84 bits per heavy atom. The van der Waals surface area contributed by atoms with E-state index in [4.69, 9.17) is 34.8 Å². The molecular weight excluding hydrogens is 396 g/mol. The van der Waals surface area contributed by atoms with Crippen LogP contribution in [-0.4, -0.2) is 20.3 Å². The lowest BCUT2D eigenvalue weighted by Crippen LogP contribution is -2.35. The number of hydrogen-bond acceptors (Lipinski definition) is 2. The molecule has 19 heavy (non-hydrogen) atoms. The molecule has 8 heteroatoms. The second-order valence-corrected chi connectivity index (χ2v) is 7.66. The normalized spacial score (nSPS) is 13.5. The SMILES string of the molecule is CCC(CCCl)NS(=O)(=O)c1c(Cl)cc(Br)cc1Cl. The summed E-state index contributed by atoms with van der Waals surface area (Å²) in [7, 11) is -3.77. The third kappa shape index (κ3) is 4.76. The van der Waals surface area contributed by atoms with Crippen molar-refractivity contribution in [1.29, 1.82) is 0 Å². The van der Waals surface area contributed by atoms with Crippen molar-refractivity contribution in [3.8, 4) is 0 Å². The molecule has 0 aliphatic heterocycles. The summed E-state index contributed by atoms with van der Waals surface area (Å²) in [5.74, 6) is 0.378. The van der Waals surface area contributed by atoms with Crippen LogP contribution in [0.25, 0.3) is 0 Å². The molecule has 0 amide bonds. The molecule has 1 rings (SSSR count). The zero-order chi connectivity index (χ0) is 14.6. The van der Waals surface area contributed by atoms with Crippen LogP contribution in [0.4, 0.5) is 0 Å². The standard InChI is InChI=1S/C11H13BrCl3NO2S/c1-2-8(3-4-13)16-19(17,18)11-9(14)5-7(12)6-10(11)15/h5-6,8,16H,2-4H2,1H3. The number of nitrogens with one attached hydrogen (secondary N) is 1. The van der Waals surface area contributed by atoms with Crippen molar-refractivity contribution < 1.29 is 8.42 Å². The molecule has 0 spiro atoms. The Bertz CT molecular complexity index is 528. The minimum absolute atomic E-state index is 0.0765.